The molecule has 7 heteroatoms. The molecule has 0 unspecified atom stereocenters. The lowest BCUT2D eigenvalue weighted by Gasteiger charge is -2.27. The number of amides is 1. The van der Waals surface area contributed by atoms with Gasteiger partial charge in [0, 0.05) is 12.4 Å². The van der Waals surface area contributed by atoms with Gasteiger partial charge in [-0.25, -0.2) is 4.79 Å². The molecule has 13 heavy (non-hydrogen) atoms. The first-order chi connectivity index (χ1) is 5.85. The lowest BCUT2D eigenvalue weighted by molar-refractivity contribution is 0.174. The SMILES string of the molecule is NC1(Cl)C(Cl)=CN(C(=O)O)C=C1Cl. The molecule has 0 fully saturated rings. The summed E-state index contributed by atoms with van der Waals surface area (Å²) in [6, 6.07) is 0. The van der Waals surface area contributed by atoms with Crippen LogP contribution >= 0.6 is 34.8 Å². The highest BCUT2D eigenvalue weighted by Gasteiger charge is 2.35. The second kappa shape index (κ2) is 3.38. The predicted molar refractivity (Wildman–Crippen MR) is 50.5 cm³/mol. The lowest BCUT2D eigenvalue weighted by atomic mass is 10.2. The average molecular weight is 243 g/mol. The Morgan fingerprint density at radius 2 is 1.85 bits per heavy atom. The molecule has 1 heterocycles. The molecule has 4 nitrogen and oxygen atoms in total. The van der Waals surface area contributed by atoms with Crippen molar-refractivity contribution in [3.05, 3.63) is 22.5 Å². The molecule has 72 valence electrons. The third kappa shape index (κ3) is 1.91. The average Bonchev–Trinajstić information content (AvgIpc) is 2.00. The number of hydrogen-bond acceptors (Lipinski definition) is 2. The predicted octanol–water partition coefficient (Wildman–Crippen LogP) is 2.03. The van der Waals surface area contributed by atoms with E-state index in [2.05, 4.69) is 0 Å². The minimum absolute atomic E-state index is 0.0518. The van der Waals surface area contributed by atoms with E-state index in [-0.39, 0.29) is 10.1 Å². The molecule has 0 aromatic rings. The molecule has 0 saturated heterocycles. The Hall–Kier alpha value is -0.420. The van der Waals surface area contributed by atoms with Crippen LogP contribution in [0.25, 0.3) is 0 Å². The van der Waals surface area contributed by atoms with Gasteiger partial charge >= 0.3 is 6.09 Å². The summed E-state index contributed by atoms with van der Waals surface area (Å²) in [6.45, 7) is 0. The van der Waals surface area contributed by atoms with Gasteiger partial charge in [0.25, 0.3) is 0 Å². The van der Waals surface area contributed by atoms with Crippen molar-refractivity contribution in [3.8, 4) is 0 Å². The Morgan fingerprint density at radius 1 is 1.46 bits per heavy atom. The van der Waals surface area contributed by atoms with Gasteiger partial charge < -0.3 is 10.8 Å². The number of alkyl halides is 1. The van der Waals surface area contributed by atoms with Gasteiger partial charge in [0.15, 0.2) is 5.00 Å². The van der Waals surface area contributed by atoms with Gasteiger partial charge in [0.05, 0.1) is 10.1 Å². The Labute approximate surface area is 89.1 Å². The number of carboxylic acid groups (broad SMARTS) is 1. The van der Waals surface area contributed by atoms with Crippen molar-refractivity contribution < 1.29 is 9.90 Å². The highest BCUT2D eigenvalue weighted by molar-refractivity contribution is 6.46. The minimum Gasteiger partial charge on any atom is -0.464 e. The molecule has 0 aromatic carbocycles. The van der Waals surface area contributed by atoms with E-state index in [9.17, 15) is 4.79 Å². The number of nitrogens with two attached hydrogens (primary N) is 1. The maximum absolute atomic E-state index is 10.5. The normalized spacial score (nSPS) is 20.8. The molecule has 0 aliphatic carbocycles. The Kier molecular flexibility index (Phi) is 2.77. The van der Waals surface area contributed by atoms with Crippen LogP contribution in [0.5, 0.6) is 0 Å². The number of halogens is 3. The van der Waals surface area contributed by atoms with E-state index in [4.69, 9.17) is 45.6 Å². The molecule has 0 aromatic heterocycles. The van der Waals surface area contributed by atoms with Crippen LogP contribution in [-0.2, 0) is 0 Å². The second-order valence-electron chi connectivity index (χ2n) is 2.36. The van der Waals surface area contributed by atoms with Gasteiger partial charge in [0.2, 0.25) is 0 Å². The standard InChI is InChI=1S/C6H5Cl3N2O2/c7-3-1-11(5(12)13)2-4(8)6(3,9)10/h1-2H,10H2,(H,12,13). The van der Waals surface area contributed by atoms with E-state index < -0.39 is 11.1 Å². The Morgan fingerprint density at radius 3 is 2.15 bits per heavy atom. The van der Waals surface area contributed by atoms with Gasteiger partial charge in [-0.2, -0.15) is 0 Å². The van der Waals surface area contributed by atoms with Crippen molar-refractivity contribution in [2.75, 3.05) is 0 Å². The van der Waals surface area contributed by atoms with Crippen molar-refractivity contribution in [3.63, 3.8) is 0 Å². The van der Waals surface area contributed by atoms with Crippen LogP contribution in [0.4, 0.5) is 4.79 Å². The van der Waals surface area contributed by atoms with Gasteiger partial charge in [-0.05, 0) is 0 Å². The fourth-order valence-electron chi connectivity index (χ4n) is 0.694. The highest BCUT2D eigenvalue weighted by Crippen LogP contribution is 2.36. The summed E-state index contributed by atoms with van der Waals surface area (Å²) in [5, 5.41) is 8.48. The van der Waals surface area contributed by atoms with Crippen LogP contribution in [0.2, 0.25) is 0 Å². The van der Waals surface area contributed by atoms with Crippen molar-refractivity contribution in [1.82, 2.24) is 4.90 Å². The smallest absolute Gasteiger partial charge is 0.415 e. The topological polar surface area (TPSA) is 66.6 Å². The highest BCUT2D eigenvalue weighted by atomic mass is 35.5. The van der Waals surface area contributed by atoms with Crippen LogP contribution in [-0.4, -0.2) is 21.1 Å². The molecule has 0 spiro atoms. The summed E-state index contributed by atoms with van der Waals surface area (Å²) in [7, 11) is 0. The van der Waals surface area contributed by atoms with Crippen molar-refractivity contribution in [1.29, 1.82) is 0 Å². The van der Waals surface area contributed by atoms with Crippen molar-refractivity contribution in [2.45, 2.75) is 5.00 Å². The quantitative estimate of drug-likeness (QED) is 0.505. The minimum atomic E-state index is -1.52. The summed E-state index contributed by atoms with van der Waals surface area (Å²) >= 11 is 16.9. The summed E-state index contributed by atoms with van der Waals surface area (Å²) < 4.78 is 0. The number of nitrogens with zero attached hydrogens (tertiary/aromatic N) is 1. The summed E-state index contributed by atoms with van der Waals surface area (Å²) in [4.78, 5) is 9.75. The van der Waals surface area contributed by atoms with Gasteiger partial charge in [-0.15, -0.1) is 0 Å². The van der Waals surface area contributed by atoms with E-state index in [1.165, 1.54) is 0 Å². The van der Waals surface area contributed by atoms with Crippen LogP contribution in [0.3, 0.4) is 0 Å². The molecule has 1 aliphatic rings. The largest absolute Gasteiger partial charge is 0.464 e. The second-order valence-corrected chi connectivity index (χ2v) is 3.77. The fraction of sp³-hybridized carbons (Fsp3) is 0.167. The number of rotatable bonds is 0. The van der Waals surface area contributed by atoms with Gasteiger partial charge in [-0.3, -0.25) is 4.90 Å². The van der Waals surface area contributed by atoms with Gasteiger partial charge in [0.1, 0.15) is 0 Å². The third-order valence-electron chi connectivity index (χ3n) is 1.42. The maximum atomic E-state index is 10.5. The maximum Gasteiger partial charge on any atom is 0.415 e. The summed E-state index contributed by atoms with van der Waals surface area (Å²) in [6.07, 6.45) is 0.953. The first kappa shape index (κ1) is 10.7. The first-order valence-electron chi connectivity index (χ1n) is 3.10. The van der Waals surface area contributed by atoms with E-state index in [1.807, 2.05) is 0 Å². The molecule has 0 radical (unpaired) electrons. The lowest BCUT2D eigenvalue weighted by Crippen LogP contribution is -2.39. The fourth-order valence-corrected chi connectivity index (χ4v) is 1.25. The summed E-state index contributed by atoms with van der Waals surface area (Å²) in [5.41, 5.74) is 5.47. The van der Waals surface area contributed by atoms with E-state index in [0.29, 0.717) is 0 Å². The van der Waals surface area contributed by atoms with Crippen LogP contribution in [0, 0.1) is 0 Å². The van der Waals surface area contributed by atoms with Crippen molar-refractivity contribution in [2.24, 2.45) is 5.73 Å². The Bertz CT molecular complexity index is 289. The number of hydrogen-bond donors (Lipinski definition) is 2. The number of carbonyl (C=O) groups is 1. The van der Waals surface area contributed by atoms with E-state index in [0.717, 1.165) is 17.3 Å². The molecule has 0 atom stereocenters. The zero-order valence-corrected chi connectivity index (χ0v) is 8.44. The zero-order valence-electron chi connectivity index (χ0n) is 6.17. The van der Waals surface area contributed by atoms with Crippen LogP contribution in [0.15, 0.2) is 22.5 Å². The molecule has 0 saturated carbocycles. The molecular formula is C6H5Cl3N2O2. The first-order valence-corrected chi connectivity index (χ1v) is 4.23. The van der Waals surface area contributed by atoms with E-state index >= 15 is 0 Å². The molecular weight excluding hydrogens is 238 g/mol. The van der Waals surface area contributed by atoms with Crippen LogP contribution in [0.1, 0.15) is 0 Å². The molecule has 1 rings (SSSR count). The molecule has 1 aliphatic heterocycles. The molecule has 3 N–H and O–H groups in total. The van der Waals surface area contributed by atoms with Crippen molar-refractivity contribution >= 4 is 40.9 Å². The third-order valence-corrected chi connectivity index (χ3v) is 2.81. The molecule has 1 amide bonds. The Balaban J connectivity index is 3.05. The van der Waals surface area contributed by atoms with E-state index in [1.54, 1.807) is 0 Å². The summed E-state index contributed by atoms with van der Waals surface area (Å²) in [5.74, 6) is 0. The molecule has 0 bridgehead atoms. The zero-order chi connectivity index (χ0) is 10.2. The van der Waals surface area contributed by atoms with Crippen LogP contribution < -0.4 is 5.73 Å². The monoisotopic (exact) mass is 242 g/mol. The van der Waals surface area contributed by atoms with Gasteiger partial charge in [-0.1, -0.05) is 34.8 Å².